The van der Waals surface area contributed by atoms with Crippen LogP contribution >= 0.6 is 11.3 Å². The Morgan fingerprint density at radius 3 is 2.72 bits per heavy atom. The number of benzene rings is 2. The molecular weight excluding hydrogens is 432 g/mol. The number of Topliss-reactive ketones (excluding diaryl/α,β-unsaturated/α-hetero) is 1. The van der Waals surface area contributed by atoms with Crippen LogP contribution in [0.1, 0.15) is 10.4 Å². The molecule has 5 rings (SSSR count). The Hall–Kier alpha value is -3.85. The Morgan fingerprint density at radius 2 is 1.91 bits per heavy atom. The monoisotopic (exact) mass is 450 g/mol. The van der Waals surface area contributed by atoms with Crippen molar-refractivity contribution in [2.45, 2.75) is 6.54 Å². The maximum Gasteiger partial charge on any atom is 0.263 e. The van der Waals surface area contributed by atoms with Gasteiger partial charge in [-0.05, 0) is 35.9 Å². The first-order valence-corrected chi connectivity index (χ1v) is 10.6. The normalized spacial score (nSPS) is 12.2. The second-order valence-electron chi connectivity index (χ2n) is 7.07. The van der Waals surface area contributed by atoms with E-state index in [9.17, 15) is 9.59 Å². The third-order valence-corrected chi connectivity index (χ3v) is 6.15. The van der Waals surface area contributed by atoms with Gasteiger partial charge in [-0.3, -0.25) is 14.2 Å². The van der Waals surface area contributed by atoms with E-state index in [1.807, 2.05) is 17.5 Å². The van der Waals surface area contributed by atoms with E-state index in [1.165, 1.54) is 22.2 Å². The zero-order valence-electron chi connectivity index (χ0n) is 17.3. The minimum atomic E-state index is -0.282. The fourth-order valence-electron chi connectivity index (χ4n) is 3.61. The van der Waals surface area contributed by atoms with Gasteiger partial charge in [-0.1, -0.05) is 6.07 Å². The van der Waals surface area contributed by atoms with Crippen LogP contribution in [-0.4, -0.2) is 36.3 Å². The first-order chi connectivity index (χ1) is 15.6. The predicted octanol–water partition coefficient (Wildman–Crippen LogP) is 3.75. The van der Waals surface area contributed by atoms with Crippen LogP contribution in [0.3, 0.4) is 0 Å². The van der Waals surface area contributed by atoms with Crippen molar-refractivity contribution in [1.29, 1.82) is 0 Å². The van der Waals surface area contributed by atoms with Crippen molar-refractivity contribution >= 4 is 27.3 Å². The molecule has 1 aliphatic heterocycles. The van der Waals surface area contributed by atoms with Gasteiger partial charge < -0.3 is 18.9 Å². The van der Waals surface area contributed by atoms with Crippen LogP contribution < -0.4 is 24.5 Å². The van der Waals surface area contributed by atoms with E-state index in [0.29, 0.717) is 38.8 Å². The number of ketones is 1. The molecule has 3 heterocycles. The fraction of sp³-hybridized carbons (Fsp3) is 0.174. The van der Waals surface area contributed by atoms with Crippen LogP contribution in [0.5, 0.6) is 23.0 Å². The Morgan fingerprint density at radius 1 is 1.09 bits per heavy atom. The Balaban J connectivity index is 1.52. The lowest BCUT2D eigenvalue weighted by Gasteiger charge is -2.10. The number of hydrogen-bond donors (Lipinski definition) is 0. The van der Waals surface area contributed by atoms with Gasteiger partial charge in [0.05, 0.1) is 32.5 Å². The van der Waals surface area contributed by atoms with E-state index in [2.05, 4.69) is 4.98 Å². The number of nitrogens with zero attached hydrogens (tertiary/aromatic N) is 2. The number of hydrogen-bond acceptors (Lipinski definition) is 8. The van der Waals surface area contributed by atoms with Gasteiger partial charge in [0.25, 0.3) is 5.56 Å². The summed E-state index contributed by atoms with van der Waals surface area (Å²) < 4.78 is 22.6. The third-order valence-electron chi connectivity index (χ3n) is 5.26. The van der Waals surface area contributed by atoms with Crippen molar-refractivity contribution in [3.05, 3.63) is 64.0 Å². The molecule has 2 aromatic heterocycles. The maximum atomic E-state index is 13.3. The standard InChI is InChI=1S/C23H18N2O6S/c1-28-17-5-3-13(7-19(17)29-2)15-10-32-22-21(15)23(27)25(11-24-22)9-16(26)14-4-6-18-20(8-14)31-12-30-18/h3-8,10-11H,9,12H2,1-2H3. The number of carbonyl (C=O) groups is 1. The van der Waals surface area contributed by atoms with Gasteiger partial charge in [-0.25, -0.2) is 4.98 Å². The number of aromatic nitrogens is 2. The zero-order chi connectivity index (χ0) is 22.2. The highest BCUT2D eigenvalue weighted by molar-refractivity contribution is 7.17. The average molecular weight is 450 g/mol. The molecular formula is C23H18N2O6S. The number of thiophene rings is 1. The van der Waals surface area contributed by atoms with Crippen LogP contribution in [0, 0.1) is 0 Å². The van der Waals surface area contributed by atoms with Gasteiger partial charge in [-0.2, -0.15) is 0 Å². The first kappa shape index (κ1) is 20.1. The van der Waals surface area contributed by atoms with Gasteiger partial charge >= 0.3 is 0 Å². The SMILES string of the molecule is COc1ccc(-c2csc3ncn(CC(=O)c4ccc5c(c4)OCO5)c(=O)c23)cc1OC. The summed E-state index contributed by atoms with van der Waals surface area (Å²) >= 11 is 1.37. The minimum absolute atomic E-state index is 0.129. The van der Waals surface area contributed by atoms with E-state index in [1.54, 1.807) is 38.5 Å². The van der Waals surface area contributed by atoms with Crippen molar-refractivity contribution in [3.63, 3.8) is 0 Å². The zero-order valence-corrected chi connectivity index (χ0v) is 18.1. The van der Waals surface area contributed by atoms with Crippen molar-refractivity contribution in [2.75, 3.05) is 21.0 Å². The number of methoxy groups -OCH3 is 2. The second kappa shape index (κ2) is 8.01. The topological polar surface area (TPSA) is 88.9 Å². The summed E-state index contributed by atoms with van der Waals surface area (Å²) in [5.41, 5.74) is 1.68. The molecule has 0 N–H and O–H groups in total. The fourth-order valence-corrected chi connectivity index (χ4v) is 4.52. The molecule has 9 heteroatoms. The molecule has 0 aliphatic carbocycles. The summed E-state index contributed by atoms with van der Waals surface area (Å²) in [5, 5.41) is 2.34. The van der Waals surface area contributed by atoms with Gasteiger partial charge in [0.1, 0.15) is 4.83 Å². The molecule has 4 aromatic rings. The Bertz CT molecular complexity index is 1410. The van der Waals surface area contributed by atoms with Gasteiger partial charge in [0.2, 0.25) is 6.79 Å². The van der Waals surface area contributed by atoms with Crippen molar-refractivity contribution < 1.29 is 23.7 Å². The number of fused-ring (bicyclic) bond motifs is 2. The summed E-state index contributed by atoms with van der Waals surface area (Å²) in [7, 11) is 3.13. The van der Waals surface area contributed by atoms with Gasteiger partial charge in [0, 0.05) is 16.5 Å². The molecule has 0 spiro atoms. The number of rotatable bonds is 6. The molecule has 0 amide bonds. The van der Waals surface area contributed by atoms with Crippen LogP contribution in [0.4, 0.5) is 0 Å². The molecule has 0 unspecified atom stereocenters. The van der Waals surface area contributed by atoms with Crippen LogP contribution in [0.15, 0.2) is 52.9 Å². The highest BCUT2D eigenvalue weighted by atomic mass is 32.1. The second-order valence-corrected chi connectivity index (χ2v) is 7.93. The van der Waals surface area contributed by atoms with E-state index in [0.717, 1.165) is 11.1 Å². The number of carbonyl (C=O) groups excluding carboxylic acids is 1. The van der Waals surface area contributed by atoms with E-state index in [-0.39, 0.29) is 24.7 Å². The first-order valence-electron chi connectivity index (χ1n) is 9.71. The summed E-state index contributed by atoms with van der Waals surface area (Å²) in [6.07, 6.45) is 1.41. The van der Waals surface area contributed by atoms with Crippen molar-refractivity contribution in [1.82, 2.24) is 9.55 Å². The molecule has 1 aliphatic rings. The third kappa shape index (κ3) is 3.36. The summed E-state index contributed by atoms with van der Waals surface area (Å²) in [6.45, 7) is -0.00720. The summed E-state index contributed by atoms with van der Waals surface area (Å²) in [5.74, 6) is 2.05. The Labute approximate surface area is 186 Å². The molecule has 0 atom stereocenters. The largest absolute Gasteiger partial charge is 0.493 e. The molecule has 0 fully saturated rings. The maximum absolute atomic E-state index is 13.3. The van der Waals surface area contributed by atoms with Gasteiger partial charge in [0.15, 0.2) is 28.8 Å². The molecule has 0 saturated carbocycles. The number of ether oxygens (including phenoxy) is 4. The van der Waals surface area contributed by atoms with Crippen LogP contribution in [0.25, 0.3) is 21.3 Å². The van der Waals surface area contributed by atoms with E-state index < -0.39 is 0 Å². The quantitative estimate of drug-likeness (QED) is 0.413. The molecule has 8 nitrogen and oxygen atoms in total. The predicted molar refractivity (Wildman–Crippen MR) is 119 cm³/mol. The molecule has 32 heavy (non-hydrogen) atoms. The van der Waals surface area contributed by atoms with Crippen LogP contribution in [-0.2, 0) is 6.54 Å². The molecule has 0 radical (unpaired) electrons. The molecule has 162 valence electrons. The minimum Gasteiger partial charge on any atom is -0.493 e. The summed E-state index contributed by atoms with van der Waals surface area (Å²) in [6, 6.07) is 10.4. The lowest BCUT2D eigenvalue weighted by molar-refractivity contribution is 0.0970. The summed E-state index contributed by atoms with van der Waals surface area (Å²) in [4.78, 5) is 31.1. The lowest BCUT2D eigenvalue weighted by atomic mass is 10.1. The smallest absolute Gasteiger partial charge is 0.263 e. The van der Waals surface area contributed by atoms with Gasteiger partial charge in [-0.15, -0.1) is 11.3 Å². The Kier molecular flexibility index (Phi) is 5.02. The highest BCUT2D eigenvalue weighted by Crippen LogP contribution is 2.36. The highest BCUT2D eigenvalue weighted by Gasteiger charge is 2.19. The van der Waals surface area contributed by atoms with Crippen LogP contribution in [0.2, 0.25) is 0 Å². The van der Waals surface area contributed by atoms with E-state index in [4.69, 9.17) is 18.9 Å². The molecule has 0 saturated heterocycles. The van der Waals surface area contributed by atoms with Crippen molar-refractivity contribution in [2.24, 2.45) is 0 Å². The molecule has 0 bridgehead atoms. The lowest BCUT2D eigenvalue weighted by Crippen LogP contribution is -2.24. The van der Waals surface area contributed by atoms with E-state index >= 15 is 0 Å². The average Bonchev–Trinajstić information content (AvgIpc) is 3.47. The van der Waals surface area contributed by atoms with Crippen molar-refractivity contribution in [3.8, 4) is 34.1 Å². The molecule has 2 aromatic carbocycles.